The standard InChI is InChI=1S/C19H28N4O2/c1-4-17-20-18(25-21-17)15(2)23-12-10-22(11-13-23)14-19(3,24)16-8-6-5-7-9-16/h5-9,15,24H,4,10-14H2,1-3H3/t15-,19-/m0/s1. The number of aromatic nitrogens is 2. The smallest absolute Gasteiger partial charge is 0.243 e. The monoisotopic (exact) mass is 344 g/mol. The summed E-state index contributed by atoms with van der Waals surface area (Å²) in [6.07, 6.45) is 0.790. The summed E-state index contributed by atoms with van der Waals surface area (Å²) in [5, 5.41) is 14.8. The molecular weight excluding hydrogens is 316 g/mol. The number of hydrogen-bond donors (Lipinski definition) is 1. The molecule has 25 heavy (non-hydrogen) atoms. The molecule has 1 fully saturated rings. The molecule has 0 saturated carbocycles. The Morgan fingerprint density at radius 1 is 1.20 bits per heavy atom. The van der Waals surface area contributed by atoms with Gasteiger partial charge in [-0.3, -0.25) is 9.80 Å². The molecule has 6 heteroatoms. The van der Waals surface area contributed by atoms with Gasteiger partial charge >= 0.3 is 0 Å². The van der Waals surface area contributed by atoms with Crippen LogP contribution in [-0.2, 0) is 12.0 Å². The van der Waals surface area contributed by atoms with Gasteiger partial charge in [-0.25, -0.2) is 0 Å². The van der Waals surface area contributed by atoms with E-state index in [1.165, 1.54) is 0 Å². The van der Waals surface area contributed by atoms with Gasteiger partial charge in [-0.05, 0) is 19.4 Å². The topological polar surface area (TPSA) is 65.6 Å². The van der Waals surface area contributed by atoms with Crippen molar-refractivity contribution < 1.29 is 9.63 Å². The van der Waals surface area contributed by atoms with Crippen LogP contribution in [0, 0.1) is 0 Å². The summed E-state index contributed by atoms with van der Waals surface area (Å²) < 4.78 is 5.38. The van der Waals surface area contributed by atoms with Crippen molar-refractivity contribution in [2.45, 2.75) is 38.8 Å². The predicted octanol–water partition coefficient (Wildman–Crippen LogP) is 2.22. The zero-order valence-electron chi connectivity index (χ0n) is 15.4. The molecule has 1 aromatic heterocycles. The lowest BCUT2D eigenvalue weighted by atomic mass is 9.95. The molecule has 1 aliphatic rings. The third kappa shape index (κ3) is 4.26. The van der Waals surface area contributed by atoms with Gasteiger partial charge in [0, 0.05) is 39.1 Å². The minimum Gasteiger partial charge on any atom is -0.384 e. The minimum absolute atomic E-state index is 0.129. The number of hydrogen-bond acceptors (Lipinski definition) is 6. The zero-order chi connectivity index (χ0) is 17.9. The Kier molecular flexibility index (Phi) is 5.51. The molecule has 0 bridgehead atoms. The Balaban J connectivity index is 1.55. The van der Waals surface area contributed by atoms with E-state index in [0.717, 1.165) is 44.0 Å². The van der Waals surface area contributed by atoms with Crippen LogP contribution in [-0.4, -0.2) is 57.8 Å². The lowest BCUT2D eigenvalue weighted by Gasteiger charge is -2.39. The maximum atomic E-state index is 10.8. The van der Waals surface area contributed by atoms with Crippen molar-refractivity contribution in [3.63, 3.8) is 0 Å². The van der Waals surface area contributed by atoms with Gasteiger partial charge < -0.3 is 9.63 Å². The first-order valence-corrected chi connectivity index (χ1v) is 9.06. The molecule has 136 valence electrons. The molecule has 1 saturated heterocycles. The minimum atomic E-state index is -0.836. The molecule has 3 rings (SSSR count). The second kappa shape index (κ2) is 7.64. The summed E-state index contributed by atoms with van der Waals surface area (Å²) in [7, 11) is 0. The lowest BCUT2D eigenvalue weighted by molar-refractivity contribution is -0.00578. The van der Waals surface area contributed by atoms with Gasteiger partial charge in [0.1, 0.15) is 0 Å². The summed E-state index contributed by atoms with van der Waals surface area (Å²) in [5.74, 6) is 1.46. The van der Waals surface area contributed by atoms with Gasteiger partial charge in [0.25, 0.3) is 0 Å². The highest BCUT2D eigenvalue weighted by Crippen LogP contribution is 2.24. The highest BCUT2D eigenvalue weighted by molar-refractivity contribution is 5.21. The van der Waals surface area contributed by atoms with Crippen LogP contribution in [0.15, 0.2) is 34.9 Å². The average Bonchev–Trinajstić information content (AvgIpc) is 3.11. The maximum Gasteiger partial charge on any atom is 0.243 e. The van der Waals surface area contributed by atoms with Crippen molar-refractivity contribution in [3.8, 4) is 0 Å². The normalized spacial score (nSPS) is 20.3. The molecule has 1 aromatic carbocycles. The van der Waals surface area contributed by atoms with E-state index in [2.05, 4.69) is 26.9 Å². The molecule has 0 aliphatic carbocycles. The summed E-state index contributed by atoms with van der Waals surface area (Å²) in [6, 6.07) is 10.0. The van der Waals surface area contributed by atoms with E-state index >= 15 is 0 Å². The van der Waals surface area contributed by atoms with E-state index in [1.54, 1.807) is 0 Å². The summed E-state index contributed by atoms with van der Waals surface area (Å²) in [4.78, 5) is 9.13. The molecule has 2 atom stereocenters. The fraction of sp³-hybridized carbons (Fsp3) is 0.579. The molecule has 0 amide bonds. The number of aliphatic hydroxyl groups is 1. The third-order valence-corrected chi connectivity index (χ3v) is 5.04. The van der Waals surface area contributed by atoms with E-state index in [1.807, 2.05) is 44.2 Å². The van der Waals surface area contributed by atoms with Crippen molar-refractivity contribution in [1.82, 2.24) is 19.9 Å². The van der Waals surface area contributed by atoms with Crippen molar-refractivity contribution in [2.75, 3.05) is 32.7 Å². The summed E-state index contributed by atoms with van der Waals surface area (Å²) in [6.45, 7) is 10.4. The number of β-amino-alcohol motifs (C(OH)–C–C–N with tert-alkyl or cyclic N) is 1. The maximum absolute atomic E-state index is 10.8. The van der Waals surface area contributed by atoms with Crippen LogP contribution in [0.25, 0.3) is 0 Å². The van der Waals surface area contributed by atoms with Crippen LogP contribution in [0.1, 0.15) is 44.1 Å². The first-order chi connectivity index (χ1) is 12.0. The van der Waals surface area contributed by atoms with E-state index in [0.29, 0.717) is 12.4 Å². The second-order valence-corrected chi connectivity index (χ2v) is 7.03. The van der Waals surface area contributed by atoms with E-state index in [9.17, 15) is 5.11 Å². The van der Waals surface area contributed by atoms with Crippen molar-refractivity contribution in [1.29, 1.82) is 0 Å². The first-order valence-electron chi connectivity index (χ1n) is 9.06. The fourth-order valence-electron chi connectivity index (χ4n) is 3.37. The predicted molar refractivity (Wildman–Crippen MR) is 96.1 cm³/mol. The molecule has 0 radical (unpaired) electrons. The fourth-order valence-corrected chi connectivity index (χ4v) is 3.37. The Labute approximate surface area is 149 Å². The van der Waals surface area contributed by atoms with Crippen LogP contribution in [0.5, 0.6) is 0 Å². The van der Waals surface area contributed by atoms with Crippen LogP contribution >= 0.6 is 0 Å². The number of piperazine rings is 1. The molecule has 2 heterocycles. The molecule has 0 unspecified atom stereocenters. The molecule has 6 nitrogen and oxygen atoms in total. The van der Waals surface area contributed by atoms with Crippen molar-refractivity contribution in [2.24, 2.45) is 0 Å². The van der Waals surface area contributed by atoms with Crippen LogP contribution < -0.4 is 0 Å². The first kappa shape index (κ1) is 18.0. The quantitative estimate of drug-likeness (QED) is 0.867. The number of benzene rings is 1. The van der Waals surface area contributed by atoms with Gasteiger partial charge in [0.2, 0.25) is 5.89 Å². The van der Waals surface area contributed by atoms with Gasteiger partial charge in [0.15, 0.2) is 5.82 Å². The molecule has 1 aliphatic heterocycles. The number of rotatable bonds is 6. The largest absolute Gasteiger partial charge is 0.384 e. The van der Waals surface area contributed by atoms with Crippen LogP contribution in [0.2, 0.25) is 0 Å². The lowest BCUT2D eigenvalue weighted by Crippen LogP contribution is -2.50. The Morgan fingerprint density at radius 3 is 2.48 bits per heavy atom. The van der Waals surface area contributed by atoms with Gasteiger partial charge in [0.05, 0.1) is 11.6 Å². The van der Waals surface area contributed by atoms with E-state index in [-0.39, 0.29) is 6.04 Å². The van der Waals surface area contributed by atoms with Gasteiger partial charge in [-0.15, -0.1) is 0 Å². The van der Waals surface area contributed by atoms with Gasteiger partial charge in [-0.2, -0.15) is 4.98 Å². The Bertz CT molecular complexity index is 663. The SMILES string of the molecule is CCc1noc([C@H](C)N2CCN(C[C@](C)(O)c3ccccc3)CC2)n1. The highest BCUT2D eigenvalue weighted by atomic mass is 16.5. The van der Waals surface area contributed by atoms with E-state index in [4.69, 9.17) is 4.52 Å². The van der Waals surface area contributed by atoms with Crippen LogP contribution in [0.4, 0.5) is 0 Å². The average molecular weight is 344 g/mol. The van der Waals surface area contributed by atoms with Crippen molar-refractivity contribution in [3.05, 3.63) is 47.6 Å². The molecular formula is C19H28N4O2. The summed E-state index contributed by atoms with van der Waals surface area (Å²) >= 11 is 0. The van der Waals surface area contributed by atoms with Crippen LogP contribution in [0.3, 0.4) is 0 Å². The van der Waals surface area contributed by atoms with Crippen molar-refractivity contribution >= 4 is 0 Å². The van der Waals surface area contributed by atoms with Gasteiger partial charge in [-0.1, -0.05) is 42.4 Å². The number of aryl methyl sites for hydroxylation is 1. The summed E-state index contributed by atoms with van der Waals surface area (Å²) in [5.41, 5.74) is 0.126. The highest BCUT2D eigenvalue weighted by Gasteiger charge is 2.30. The molecule has 0 spiro atoms. The third-order valence-electron chi connectivity index (χ3n) is 5.04. The molecule has 1 N–H and O–H groups in total. The Morgan fingerprint density at radius 2 is 1.88 bits per heavy atom. The second-order valence-electron chi connectivity index (χ2n) is 7.03. The zero-order valence-corrected chi connectivity index (χ0v) is 15.4. The number of nitrogens with zero attached hydrogens (tertiary/aromatic N) is 4. The Hall–Kier alpha value is -1.76. The molecule has 2 aromatic rings. The van der Waals surface area contributed by atoms with E-state index < -0.39 is 5.60 Å².